The third-order valence-electron chi connectivity index (χ3n) is 2.43. The predicted molar refractivity (Wildman–Crippen MR) is 52.6 cm³/mol. The van der Waals surface area contributed by atoms with Gasteiger partial charge < -0.3 is 4.74 Å². The first-order valence-corrected chi connectivity index (χ1v) is 4.87. The maximum atomic E-state index is 11.2. The highest BCUT2D eigenvalue weighted by Crippen LogP contribution is 2.28. The molecule has 0 amide bonds. The van der Waals surface area contributed by atoms with Crippen LogP contribution < -0.4 is 0 Å². The molecule has 1 aromatic heterocycles. The number of aromatic nitrogens is 1. The van der Waals surface area contributed by atoms with E-state index in [0.717, 1.165) is 30.4 Å². The Kier molecular flexibility index (Phi) is 2.42. The molecule has 0 N–H and O–H groups in total. The number of aryl methyl sites for hydroxylation is 1. The zero-order chi connectivity index (χ0) is 10.1. The Morgan fingerprint density at radius 2 is 2.36 bits per heavy atom. The molecule has 1 heterocycles. The van der Waals surface area contributed by atoms with Crippen molar-refractivity contribution in [3.63, 3.8) is 0 Å². The van der Waals surface area contributed by atoms with E-state index in [-0.39, 0.29) is 0 Å². The van der Waals surface area contributed by atoms with E-state index < -0.39 is 5.97 Å². The number of hydrogen-bond acceptors (Lipinski definition) is 3. The molecule has 1 aliphatic rings. The van der Waals surface area contributed by atoms with Crippen molar-refractivity contribution in [3.8, 4) is 0 Å². The summed E-state index contributed by atoms with van der Waals surface area (Å²) in [7, 11) is 1.34. The van der Waals surface area contributed by atoms with E-state index in [2.05, 4.69) is 9.72 Å². The molecule has 0 aliphatic heterocycles. The fourth-order valence-electron chi connectivity index (χ4n) is 1.74. The second-order valence-electron chi connectivity index (χ2n) is 3.28. The third kappa shape index (κ3) is 1.48. The van der Waals surface area contributed by atoms with Gasteiger partial charge in [0.05, 0.1) is 7.11 Å². The van der Waals surface area contributed by atoms with Crippen molar-refractivity contribution in [2.75, 3.05) is 7.11 Å². The summed E-state index contributed by atoms with van der Waals surface area (Å²) in [4.78, 5) is 15.2. The van der Waals surface area contributed by atoms with Crippen LogP contribution >= 0.6 is 11.6 Å². The third-order valence-corrected chi connectivity index (χ3v) is 2.75. The fraction of sp³-hybridized carbons (Fsp3) is 0.400. The minimum Gasteiger partial charge on any atom is -0.464 e. The number of methoxy groups -OCH3 is 1. The number of carbonyl (C=O) groups is 1. The molecule has 3 nitrogen and oxygen atoms in total. The first-order valence-electron chi connectivity index (χ1n) is 4.49. The maximum absolute atomic E-state index is 11.2. The van der Waals surface area contributed by atoms with Crippen LogP contribution in [0, 0.1) is 0 Å². The van der Waals surface area contributed by atoms with Gasteiger partial charge in [-0.15, -0.1) is 0 Å². The van der Waals surface area contributed by atoms with Crippen LogP contribution in [-0.4, -0.2) is 18.1 Å². The van der Waals surface area contributed by atoms with Gasteiger partial charge in [0.2, 0.25) is 0 Å². The predicted octanol–water partition coefficient (Wildman–Crippen LogP) is 2.01. The number of nitrogens with zero attached hydrogens (tertiary/aromatic N) is 1. The number of halogens is 1. The van der Waals surface area contributed by atoms with Gasteiger partial charge in [-0.1, -0.05) is 11.6 Å². The molecule has 0 saturated carbocycles. The van der Waals surface area contributed by atoms with Gasteiger partial charge in [0.25, 0.3) is 0 Å². The molecule has 14 heavy (non-hydrogen) atoms. The molecule has 1 aliphatic carbocycles. The van der Waals surface area contributed by atoms with Gasteiger partial charge in [0.1, 0.15) is 10.8 Å². The minimum absolute atomic E-state index is 0.304. The van der Waals surface area contributed by atoms with Crippen LogP contribution in [0.1, 0.15) is 28.0 Å². The lowest BCUT2D eigenvalue weighted by Crippen LogP contribution is -2.06. The molecular formula is C10H10ClNO2. The monoisotopic (exact) mass is 211 g/mol. The van der Waals surface area contributed by atoms with E-state index in [1.165, 1.54) is 7.11 Å². The van der Waals surface area contributed by atoms with Gasteiger partial charge in [-0.05, 0) is 36.5 Å². The topological polar surface area (TPSA) is 39.2 Å². The van der Waals surface area contributed by atoms with Crippen molar-refractivity contribution in [2.45, 2.75) is 19.3 Å². The number of pyridine rings is 1. The molecule has 0 saturated heterocycles. The average molecular weight is 212 g/mol. The zero-order valence-electron chi connectivity index (χ0n) is 7.84. The van der Waals surface area contributed by atoms with Crippen molar-refractivity contribution < 1.29 is 9.53 Å². The molecule has 0 radical (unpaired) electrons. The van der Waals surface area contributed by atoms with Crippen molar-refractivity contribution in [1.29, 1.82) is 0 Å². The number of carbonyl (C=O) groups excluding carboxylic acids is 1. The molecule has 0 aromatic carbocycles. The molecular weight excluding hydrogens is 202 g/mol. The first-order chi connectivity index (χ1) is 6.72. The summed E-state index contributed by atoms with van der Waals surface area (Å²) in [5.41, 5.74) is 2.52. The Hall–Kier alpha value is -1.09. The van der Waals surface area contributed by atoms with Crippen molar-refractivity contribution in [2.24, 2.45) is 0 Å². The van der Waals surface area contributed by atoms with Crippen LogP contribution in [-0.2, 0) is 17.6 Å². The SMILES string of the molecule is COC(=O)c1cc2c(c(Cl)n1)CCC2. The van der Waals surface area contributed by atoms with Crippen LogP contribution in [0.2, 0.25) is 5.15 Å². The highest BCUT2D eigenvalue weighted by molar-refractivity contribution is 6.30. The lowest BCUT2D eigenvalue weighted by molar-refractivity contribution is 0.0594. The van der Waals surface area contributed by atoms with E-state index in [9.17, 15) is 4.79 Å². The van der Waals surface area contributed by atoms with Gasteiger partial charge >= 0.3 is 5.97 Å². The van der Waals surface area contributed by atoms with Crippen molar-refractivity contribution >= 4 is 17.6 Å². The standard InChI is InChI=1S/C10H10ClNO2/c1-14-10(13)8-5-6-3-2-4-7(6)9(11)12-8/h5H,2-4H2,1H3. The normalized spacial score (nSPS) is 13.9. The Morgan fingerprint density at radius 1 is 1.57 bits per heavy atom. The molecule has 0 spiro atoms. The van der Waals surface area contributed by atoms with E-state index in [1.807, 2.05) is 0 Å². The van der Waals surface area contributed by atoms with E-state index in [4.69, 9.17) is 11.6 Å². The lowest BCUT2D eigenvalue weighted by atomic mass is 10.1. The fourth-order valence-corrected chi connectivity index (χ4v) is 2.05. The zero-order valence-corrected chi connectivity index (χ0v) is 8.60. The van der Waals surface area contributed by atoms with Gasteiger partial charge in [-0.2, -0.15) is 0 Å². The van der Waals surface area contributed by atoms with Gasteiger partial charge in [0.15, 0.2) is 0 Å². The second-order valence-corrected chi connectivity index (χ2v) is 3.64. The summed E-state index contributed by atoms with van der Waals surface area (Å²) in [6.45, 7) is 0. The van der Waals surface area contributed by atoms with Gasteiger partial charge in [-0.25, -0.2) is 9.78 Å². The highest BCUT2D eigenvalue weighted by Gasteiger charge is 2.19. The molecule has 1 aromatic rings. The van der Waals surface area contributed by atoms with Crippen LogP contribution in [0.15, 0.2) is 6.07 Å². The Bertz CT molecular complexity index is 390. The Morgan fingerprint density at radius 3 is 3.07 bits per heavy atom. The summed E-state index contributed by atoms with van der Waals surface area (Å²) >= 11 is 5.96. The molecule has 4 heteroatoms. The summed E-state index contributed by atoms with van der Waals surface area (Å²) in [6, 6.07) is 1.78. The number of esters is 1. The number of ether oxygens (including phenoxy) is 1. The van der Waals surface area contributed by atoms with Crippen molar-refractivity contribution in [3.05, 3.63) is 28.0 Å². The lowest BCUT2D eigenvalue weighted by Gasteiger charge is -2.04. The van der Waals surface area contributed by atoms with Gasteiger partial charge in [0, 0.05) is 0 Å². The van der Waals surface area contributed by atoms with Crippen LogP contribution in [0.3, 0.4) is 0 Å². The van der Waals surface area contributed by atoms with Crippen LogP contribution in [0.4, 0.5) is 0 Å². The molecule has 0 atom stereocenters. The Labute approximate surface area is 87.0 Å². The van der Waals surface area contributed by atoms with Crippen LogP contribution in [0.25, 0.3) is 0 Å². The number of fused-ring (bicyclic) bond motifs is 1. The van der Waals surface area contributed by atoms with E-state index >= 15 is 0 Å². The smallest absolute Gasteiger partial charge is 0.356 e. The van der Waals surface area contributed by atoms with Crippen molar-refractivity contribution in [1.82, 2.24) is 4.98 Å². The Balaban J connectivity index is 2.46. The first kappa shape index (κ1) is 9.46. The largest absolute Gasteiger partial charge is 0.464 e. The highest BCUT2D eigenvalue weighted by atomic mass is 35.5. The average Bonchev–Trinajstić information content (AvgIpc) is 2.64. The van der Waals surface area contributed by atoms with E-state index in [1.54, 1.807) is 6.07 Å². The minimum atomic E-state index is -0.429. The quantitative estimate of drug-likeness (QED) is 0.527. The molecule has 2 rings (SSSR count). The summed E-state index contributed by atoms with van der Waals surface area (Å²) in [6.07, 6.45) is 3.02. The second kappa shape index (κ2) is 3.58. The van der Waals surface area contributed by atoms with Gasteiger partial charge in [-0.3, -0.25) is 0 Å². The summed E-state index contributed by atoms with van der Waals surface area (Å²) in [5.74, 6) is -0.429. The summed E-state index contributed by atoms with van der Waals surface area (Å²) in [5, 5.41) is 0.445. The maximum Gasteiger partial charge on any atom is 0.356 e. The molecule has 74 valence electrons. The number of rotatable bonds is 1. The van der Waals surface area contributed by atoms with E-state index in [0.29, 0.717) is 10.8 Å². The summed E-state index contributed by atoms with van der Waals surface area (Å²) < 4.78 is 4.59. The molecule has 0 unspecified atom stereocenters. The molecule has 0 fully saturated rings. The number of hydrogen-bond donors (Lipinski definition) is 0. The molecule has 0 bridgehead atoms. The van der Waals surface area contributed by atoms with Crippen LogP contribution in [0.5, 0.6) is 0 Å².